The standard InChI is InChI=1S/C13H24BNO2Si/c1-12(2)13(3,4)17-14(16-12)11-8-9-15(10-11)18(5,6)7/h8-10H,1-7H3. The van der Waals surface area contributed by atoms with E-state index in [-0.39, 0.29) is 18.3 Å². The Morgan fingerprint density at radius 2 is 1.56 bits per heavy atom. The molecule has 1 aliphatic rings. The molecule has 0 unspecified atom stereocenters. The summed E-state index contributed by atoms with van der Waals surface area (Å²) in [6.07, 6.45) is 4.32. The zero-order valence-corrected chi connectivity index (χ0v) is 13.6. The predicted octanol–water partition coefficient (Wildman–Crippen LogP) is 2.47. The molecule has 1 aromatic rings. The van der Waals surface area contributed by atoms with Gasteiger partial charge >= 0.3 is 7.12 Å². The van der Waals surface area contributed by atoms with E-state index in [1.54, 1.807) is 0 Å². The van der Waals surface area contributed by atoms with Gasteiger partial charge in [0.15, 0.2) is 8.24 Å². The fourth-order valence-corrected chi connectivity index (χ4v) is 3.01. The molecule has 1 aromatic heterocycles. The molecule has 0 amide bonds. The van der Waals surface area contributed by atoms with Crippen LogP contribution >= 0.6 is 0 Å². The quantitative estimate of drug-likeness (QED) is 0.767. The number of nitrogens with zero attached hydrogens (tertiary/aromatic N) is 1. The van der Waals surface area contributed by atoms with Crippen molar-refractivity contribution in [2.24, 2.45) is 0 Å². The molecule has 2 rings (SSSR count). The SMILES string of the molecule is CC1(C)OB(c2ccn([Si](C)(C)C)c2)OC1(C)C. The molecule has 18 heavy (non-hydrogen) atoms. The lowest BCUT2D eigenvalue weighted by molar-refractivity contribution is 0.00578. The van der Waals surface area contributed by atoms with Gasteiger partial charge in [-0.2, -0.15) is 0 Å². The van der Waals surface area contributed by atoms with Gasteiger partial charge in [0.2, 0.25) is 0 Å². The fourth-order valence-electron chi connectivity index (χ4n) is 1.95. The second-order valence-corrected chi connectivity index (χ2v) is 12.0. The first kappa shape index (κ1) is 13.9. The smallest absolute Gasteiger partial charge is 0.399 e. The van der Waals surface area contributed by atoms with Gasteiger partial charge in [-0.15, -0.1) is 0 Å². The molecule has 0 saturated carbocycles. The Morgan fingerprint density at radius 1 is 1.06 bits per heavy atom. The molecule has 0 aliphatic carbocycles. The topological polar surface area (TPSA) is 23.4 Å². The van der Waals surface area contributed by atoms with Crippen molar-refractivity contribution in [2.45, 2.75) is 58.5 Å². The van der Waals surface area contributed by atoms with Gasteiger partial charge in [-0.05, 0) is 51.6 Å². The van der Waals surface area contributed by atoms with E-state index in [4.69, 9.17) is 9.31 Å². The highest BCUT2D eigenvalue weighted by molar-refractivity contribution is 6.74. The van der Waals surface area contributed by atoms with Crippen LogP contribution in [0.1, 0.15) is 27.7 Å². The Labute approximate surface area is 112 Å². The number of aromatic nitrogens is 1. The molecule has 3 nitrogen and oxygen atoms in total. The minimum absolute atomic E-state index is 0.243. The van der Waals surface area contributed by atoms with Crippen molar-refractivity contribution in [1.29, 1.82) is 0 Å². The molecule has 0 bridgehead atoms. The van der Waals surface area contributed by atoms with Gasteiger partial charge in [0.05, 0.1) is 11.2 Å². The van der Waals surface area contributed by atoms with Crippen molar-refractivity contribution in [1.82, 2.24) is 4.23 Å². The fraction of sp³-hybridized carbons (Fsp3) is 0.692. The Bertz CT molecular complexity index is 432. The third-order valence-electron chi connectivity index (χ3n) is 4.02. The van der Waals surface area contributed by atoms with Gasteiger partial charge < -0.3 is 13.5 Å². The lowest BCUT2D eigenvalue weighted by atomic mass is 9.81. The summed E-state index contributed by atoms with van der Waals surface area (Å²) < 4.78 is 14.4. The van der Waals surface area contributed by atoms with Gasteiger partial charge in [-0.1, -0.05) is 19.6 Å². The van der Waals surface area contributed by atoms with Crippen LogP contribution in [0.4, 0.5) is 0 Å². The van der Waals surface area contributed by atoms with E-state index in [2.05, 4.69) is 70.0 Å². The summed E-state index contributed by atoms with van der Waals surface area (Å²) in [5, 5.41) is 0. The third kappa shape index (κ3) is 2.31. The maximum Gasteiger partial charge on any atom is 0.496 e. The second-order valence-electron chi connectivity index (χ2n) is 7.11. The summed E-state index contributed by atoms with van der Waals surface area (Å²) in [5.41, 5.74) is 0.591. The molecule has 0 atom stereocenters. The highest BCUT2D eigenvalue weighted by Gasteiger charge is 2.51. The largest absolute Gasteiger partial charge is 0.496 e. The highest BCUT2D eigenvalue weighted by Crippen LogP contribution is 2.36. The minimum Gasteiger partial charge on any atom is -0.399 e. The van der Waals surface area contributed by atoms with Crippen molar-refractivity contribution in [2.75, 3.05) is 0 Å². The van der Waals surface area contributed by atoms with Crippen molar-refractivity contribution in [3.05, 3.63) is 18.5 Å². The Morgan fingerprint density at radius 3 is 1.94 bits per heavy atom. The molecule has 100 valence electrons. The van der Waals surface area contributed by atoms with E-state index in [0.29, 0.717) is 0 Å². The maximum absolute atomic E-state index is 6.06. The lowest BCUT2D eigenvalue weighted by Crippen LogP contribution is -2.41. The van der Waals surface area contributed by atoms with Gasteiger partial charge in [-0.25, -0.2) is 0 Å². The molecule has 5 heteroatoms. The van der Waals surface area contributed by atoms with Crippen LogP contribution in [0.25, 0.3) is 0 Å². The van der Waals surface area contributed by atoms with Crippen molar-refractivity contribution in [3.63, 3.8) is 0 Å². The normalized spacial score (nSPS) is 22.5. The van der Waals surface area contributed by atoms with Gasteiger partial charge in [-0.3, -0.25) is 0 Å². The predicted molar refractivity (Wildman–Crippen MR) is 78.9 cm³/mol. The van der Waals surface area contributed by atoms with Crippen LogP contribution in [0.15, 0.2) is 18.5 Å². The highest BCUT2D eigenvalue weighted by atomic mass is 28.3. The van der Waals surface area contributed by atoms with E-state index in [1.807, 2.05) is 0 Å². The van der Waals surface area contributed by atoms with Crippen LogP contribution in [0.3, 0.4) is 0 Å². The molecule has 1 aliphatic heterocycles. The average molecular weight is 265 g/mol. The second kappa shape index (κ2) is 3.99. The first-order valence-electron chi connectivity index (χ1n) is 6.57. The monoisotopic (exact) mass is 265 g/mol. The summed E-state index contributed by atoms with van der Waals surface area (Å²) in [6.45, 7) is 15.3. The Kier molecular flexibility index (Phi) is 3.08. The van der Waals surface area contributed by atoms with E-state index < -0.39 is 8.24 Å². The van der Waals surface area contributed by atoms with Crippen LogP contribution in [0.2, 0.25) is 19.6 Å². The van der Waals surface area contributed by atoms with Crippen LogP contribution in [-0.4, -0.2) is 30.8 Å². The van der Waals surface area contributed by atoms with Crippen LogP contribution in [-0.2, 0) is 9.31 Å². The van der Waals surface area contributed by atoms with E-state index in [9.17, 15) is 0 Å². The molecular weight excluding hydrogens is 241 g/mol. The number of hydrogen-bond acceptors (Lipinski definition) is 2. The van der Waals surface area contributed by atoms with Gasteiger partial charge in [0, 0.05) is 0 Å². The molecule has 1 fully saturated rings. The van der Waals surface area contributed by atoms with Crippen LogP contribution in [0.5, 0.6) is 0 Å². The maximum atomic E-state index is 6.06. The summed E-state index contributed by atoms with van der Waals surface area (Å²) in [4.78, 5) is 0. The average Bonchev–Trinajstić information content (AvgIpc) is 2.69. The summed E-state index contributed by atoms with van der Waals surface area (Å²) >= 11 is 0. The Hall–Kier alpha value is -0.518. The third-order valence-corrected chi connectivity index (χ3v) is 5.84. The molecular formula is C13H24BNO2Si. The molecule has 0 aromatic carbocycles. The molecule has 0 radical (unpaired) electrons. The first-order valence-corrected chi connectivity index (χ1v) is 10.0. The van der Waals surface area contributed by atoms with E-state index in [1.165, 1.54) is 0 Å². The molecule has 0 N–H and O–H groups in total. The zero-order valence-electron chi connectivity index (χ0n) is 12.6. The van der Waals surface area contributed by atoms with Gasteiger partial charge in [0.1, 0.15) is 0 Å². The number of rotatable bonds is 2. The number of hydrogen-bond donors (Lipinski definition) is 0. The van der Waals surface area contributed by atoms with Crippen molar-refractivity contribution in [3.8, 4) is 0 Å². The van der Waals surface area contributed by atoms with Gasteiger partial charge in [0.25, 0.3) is 0 Å². The minimum atomic E-state index is -1.33. The summed E-state index contributed by atoms with van der Waals surface area (Å²) in [7, 11) is -1.57. The van der Waals surface area contributed by atoms with Crippen LogP contribution < -0.4 is 5.46 Å². The van der Waals surface area contributed by atoms with E-state index >= 15 is 0 Å². The van der Waals surface area contributed by atoms with E-state index in [0.717, 1.165) is 5.46 Å². The zero-order chi connectivity index (χ0) is 13.8. The molecule has 2 heterocycles. The molecule has 1 saturated heterocycles. The van der Waals surface area contributed by atoms with Crippen LogP contribution in [0, 0.1) is 0 Å². The molecule has 0 spiro atoms. The summed E-state index contributed by atoms with van der Waals surface area (Å²) in [5.74, 6) is 0. The Balaban J connectivity index is 2.23. The van der Waals surface area contributed by atoms with Crippen molar-refractivity contribution < 1.29 is 9.31 Å². The lowest BCUT2D eigenvalue weighted by Gasteiger charge is -2.32. The first-order chi connectivity index (χ1) is 8.03. The van der Waals surface area contributed by atoms with Crippen molar-refractivity contribution >= 4 is 20.8 Å². The summed E-state index contributed by atoms with van der Waals surface area (Å²) in [6, 6.07) is 2.11.